The Bertz CT molecular complexity index is 714. The van der Waals surface area contributed by atoms with Gasteiger partial charge in [-0.25, -0.2) is 9.97 Å². The predicted octanol–water partition coefficient (Wildman–Crippen LogP) is 3.67. The molecule has 0 amide bonds. The molecule has 1 aromatic carbocycles. The van der Waals surface area contributed by atoms with E-state index in [9.17, 15) is 4.79 Å². The summed E-state index contributed by atoms with van der Waals surface area (Å²) in [4.78, 5) is 20.6. The summed E-state index contributed by atoms with van der Waals surface area (Å²) in [5.41, 5.74) is -0.580. The monoisotopic (exact) mass is 321 g/mol. The van der Waals surface area contributed by atoms with Crippen LogP contribution in [0.3, 0.4) is 0 Å². The van der Waals surface area contributed by atoms with Crippen molar-refractivity contribution in [3.63, 3.8) is 0 Å². The van der Waals surface area contributed by atoms with Gasteiger partial charge in [0, 0.05) is 15.9 Å². The van der Waals surface area contributed by atoms with Crippen LogP contribution in [0.1, 0.15) is 27.7 Å². The maximum atomic E-state index is 12.1. The standard InChI is InChI=1S/C16H20ClN3O2/c1-15(2,14(21)22-5)16(3,4)20-13-11-7-6-10(17)8-12(11)18-9-19-13/h6-9H,1-5H3,(H,18,19,20). The Kier molecular flexibility index (Phi) is 4.29. The lowest BCUT2D eigenvalue weighted by Gasteiger charge is -2.40. The van der Waals surface area contributed by atoms with Gasteiger partial charge in [0.05, 0.1) is 18.0 Å². The second kappa shape index (κ2) is 5.72. The van der Waals surface area contributed by atoms with Gasteiger partial charge >= 0.3 is 5.97 Å². The molecule has 6 heteroatoms. The summed E-state index contributed by atoms with van der Waals surface area (Å²) in [6.07, 6.45) is 1.47. The highest BCUT2D eigenvalue weighted by atomic mass is 35.5. The summed E-state index contributed by atoms with van der Waals surface area (Å²) in [5.74, 6) is 0.370. The van der Waals surface area contributed by atoms with E-state index in [0.29, 0.717) is 10.8 Å². The number of ether oxygens (including phenoxy) is 1. The number of hydrogen-bond acceptors (Lipinski definition) is 5. The van der Waals surface area contributed by atoms with E-state index in [1.807, 2.05) is 33.8 Å². The van der Waals surface area contributed by atoms with Gasteiger partial charge in [-0.2, -0.15) is 0 Å². The maximum absolute atomic E-state index is 12.1. The number of hydrogen-bond donors (Lipinski definition) is 1. The van der Waals surface area contributed by atoms with Crippen LogP contribution >= 0.6 is 11.6 Å². The van der Waals surface area contributed by atoms with E-state index in [4.69, 9.17) is 16.3 Å². The minimum absolute atomic E-state index is 0.286. The minimum atomic E-state index is -0.745. The van der Waals surface area contributed by atoms with Crippen molar-refractivity contribution < 1.29 is 9.53 Å². The summed E-state index contributed by atoms with van der Waals surface area (Å²) < 4.78 is 4.91. The molecule has 2 rings (SSSR count). The number of carbonyl (C=O) groups excluding carboxylic acids is 1. The Morgan fingerprint density at radius 3 is 2.55 bits per heavy atom. The first-order valence-corrected chi connectivity index (χ1v) is 7.34. The minimum Gasteiger partial charge on any atom is -0.469 e. The highest BCUT2D eigenvalue weighted by Gasteiger charge is 2.44. The molecule has 0 unspecified atom stereocenters. The normalized spacial score (nSPS) is 12.3. The molecule has 0 atom stereocenters. The van der Waals surface area contributed by atoms with E-state index in [1.54, 1.807) is 12.1 Å². The number of aromatic nitrogens is 2. The van der Waals surface area contributed by atoms with Gasteiger partial charge in [0.15, 0.2) is 0 Å². The zero-order valence-electron chi connectivity index (χ0n) is 13.4. The number of nitrogens with one attached hydrogen (secondary N) is 1. The zero-order valence-corrected chi connectivity index (χ0v) is 14.2. The molecule has 0 radical (unpaired) electrons. The lowest BCUT2D eigenvalue weighted by molar-refractivity contribution is -0.153. The van der Waals surface area contributed by atoms with Crippen molar-refractivity contribution in [2.45, 2.75) is 33.2 Å². The van der Waals surface area contributed by atoms with E-state index in [-0.39, 0.29) is 5.97 Å². The quantitative estimate of drug-likeness (QED) is 0.870. The van der Waals surface area contributed by atoms with Gasteiger partial charge in [-0.3, -0.25) is 4.79 Å². The van der Waals surface area contributed by atoms with E-state index >= 15 is 0 Å². The Labute approximate surface area is 135 Å². The highest BCUT2D eigenvalue weighted by Crippen LogP contribution is 2.36. The fourth-order valence-electron chi connectivity index (χ4n) is 2.09. The third-order valence-electron chi connectivity index (χ3n) is 4.29. The molecular formula is C16H20ClN3O2. The first-order valence-electron chi connectivity index (χ1n) is 6.96. The van der Waals surface area contributed by atoms with Gasteiger partial charge in [-0.15, -0.1) is 0 Å². The van der Waals surface area contributed by atoms with Crippen molar-refractivity contribution >= 4 is 34.3 Å². The number of rotatable bonds is 4. The van der Waals surface area contributed by atoms with Crippen LogP contribution in [0.4, 0.5) is 5.82 Å². The number of halogens is 1. The average molecular weight is 322 g/mol. The van der Waals surface area contributed by atoms with Crippen LogP contribution < -0.4 is 5.32 Å². The molecule has 1 heterocycles. The van der Waals surface area contributed by atoms with Crippen molar-refractivity contribution in [2.75, 3.05) is 12.4 Å². The predicted molar refractivity (Wildman–Crippen MR) is 88.0 cm³/mol. The fourth-order valence-corrected chi connectivity index (χ4v) is 2.26. The Hall–Kier alpha value is -1.88. The van der Waals surface area contributed by atoms with Gasteiger partial charge in [0.2, 0.25) is 0 Å². The van der Waals surface area contributed by atoms with Crippen LogP contribution in [-0.2, 0) is 9.53 Å². The molecule has 0 saturated carbocycles. The molecule has 0 aliphatic rings. The van der Waals surface area contributed by atoms with E-state index in [2.05, 4.69) is 15.3 Å². The maximum Gasteiger partial charge on any atom is 0.313 e. The van der Waals surface area contributed by atoms with Gasteiger partial charge < -0.3 is 10.1 Å². The van der Waals surface area contributed by atoms with E-state index in [0.717, 1.165) is 10.9 Å². The molecule has 0 saturated heterocycles. The second-order valence-corrected chi connectivity index (χ2v) is 6.69. The smallest absolute Gasteiger partial charge is 0.313 e. The van der Waals surface area contributed by atoms with Crippen LogP contribution in [0.15, 0.2) is 24.5 Å². The molecule has 0 aliphatic heterocycles. The van der Waals surface area contributed by atoms with Crippen LogP contribution in [-0.4, -0.2) is 28.6 Å². The molecule has 118 valence electrons. The number of fused-ring (bicyclic) bond motifs is 1. The summed E-state index contributed by atoms with van der Waals surface area (Å²) in [6.45, 7) is 7.56. The SMILES string of the molecule is COC(=O)C(C)(C)C(C)(C)Nc1ncnc2cc(Cl)ccc12. The van der Waals surface area contributed by atoms with Crippen molar-refractivity contribution in [2.24, 2.45) is 5.41 Å². The lowest BCUT2D eigenvalue weighted by Crippen LogP contribution is -2.51. The van der Waals surface area contributed by atoms with Gasteiger partial charge in [-0.1, -0.05) is 11.6 Å². The summed E-state index contributed by atoms with van der Waals surface area (Å²) in [6, 6.07) is 5.43. The van der Waals surface area contributed by atoms with Crippen LogP contribution in [0.5, 0.6) is 0 Å². The molecule has 0 spiro atoms. The third kappa shape index (κ3) is 2.86. The number of methoxy groups -OCH3 is 1. The molecule has 0 fully saturated rings. The van der Waals surface area contributed by atoms with Crippen molar-refractivity contribution in [1.82, 2.24) is 9.97 Å². The largest absolute Gasteiger partial charge is 0.469 e. The van der Waals surface area contributed by atoms with E-state index in [1.165, 1.54) is 13.4 Å². The molecular weight excluding hydrogens is 302 g/mol. The van der Waals surface area contributed by atoms with Crippen LogP contribution in [0, 0.1) is 5.41 Å². The van der Waals surface area contributed by atoms with Crippen molar-refractivity contribution in [3.8, 4) is 0 Å². The van der Waals surface area contributed by atoms with Crippen molar-refractivity contribution in [3.05, 3.63) is 29.5 Å². The molecule has 5 nitrogen and oxygen atoms in total. The summed E-state index contributed by atoms with van der Waals surface area (Å²) in [5, 5.41) is 4.81. The number of nitrogens with zero attached hydrogens (tertiary/aromatic N) is 2. The summed E-state index contributed by atoms with van der Waals surface area (Å²) in [7, 11) is 1.39. The summed E-state index contributed by atoms with van der Waals surface area (Å²) >= 11 is 6.00. The molecule has 0 bridgehead atoms. The third-order valence-corrected chi connectivity index (χ3v) is 4.52. The van der Waals surface area contributed by atoms with E-state index < -0.39 is 11.0 Å². The molecule has 2 aromatic rings. The number of carbonyl (C=O) groups is 1. The highest BCUT2D eigenvalue weighted by molar-refractivity contribution is 6.31. The Morgan fingerprint density at radius 1 is 1.23 bits per heavy atom. The average Bonchev–Trinajstić information content (AvgIpc) is 2.45. The number of esters is 1. The number of anilines is 1. The first-order chi connectivity index (χ1) is 10.2. The van der Waals surface area contributed by atoms with Crippen LogP contribution in [0.2, 0.25) is 5.02 Å². The van der Waals surface area contributed by atoms with Gasteiger partial charge in [-0.05, 0) is 45.9 Å². The molecule has 22 heavy (non-hydrogen) atoms. The first kappa shape index (κ1) is 16.5. The Balaban J connectivity index is 2.44. The topological polar surface area (TPSA) is 64.1 Å². The Morgan fingerprint density at radius 2 is 1.91 bits per heavy atom. The zero-order chi connectivity index (χ0) is 16.5. The van der Waals surface area contributed by atoms with Crippen molar-refractivity contribution in [1.29, 1.82) is 0 Å². The molecule has 1 aromatic heterocycles. The van der Waals surface area contributed by atoms with Gasteiger partial charge in [0.1, 0.15) is 12.1 Å². The molecule has 0 aliphatic carbocycles. The van der Waals surface area contributed by atoms with Crippen LogP contribution in [0.25, 0.3) is 10.9 Å². The second-order valence-electron chi connectivity index (χ2n) is 6.25. The lowest BCUT2D eigenvalue weighted by atomic mass is 9.74. The van der Waals surface area contributed by atoms with Gasteiger partial charge in [0.25, 0.3) is 0 Å². The molecule has 1 N–H and O–H groups in total. The fraction of sp³-hybridized carbons (Fsp3) is 0.438. The number of benzene rings is 1.